The fraction of sp³-hybridized carbons (Fsp3) is 0.462. The molecule has 0 saturated heterocycles. The summed E-state index contributed by atoms with van der Waals surface area (Å²) >= 11 is 3.43. The first-order valence-electron chi connectivity index (χ1n) is 5.66. The van der Waals surface area contributed by atoms with Crippen molar-refractivity contribution in [2.75, 3.05) is 13.7 Å². The lowest BCUT2D eigenvalue weighted by Gasteiger charge is -2.06. The van der Waals surface area contributed by atoms with Gasteiger partial charge in [0.2, 0.25) is 5.90 Å². The molecule has 1 heterocycles. The molecule has 4 heteroatoms. The summed E-state index contributed by atoms with van der Waals surface area (Å²) in [5.74, 6) is 2.01. The van der Waals surface area contributed by atoms with Gasteiger partial charge in [-0.1, -0.05) is 13.8 Å². The zero-order valence-corrected chi connectivity index (χ0v) is 11.8. The third kappa shape index (κ3) is 2.63. The van der Waals surface area contributed by atoms with Crippen molar-refractivity contribution in [3.05, 3.63) is 28.2 Å². The van der Waals surface area contributed by atoms with E-state index in [0.717, 1.165) is 21.7 Å². The van der Waals surface area contributed by atoms with Crippen LogP contribution >= 0.6 is 15.9 Å². The molecule has 0 aromatic heterocycles. The van der Waals surface area contributed by atoms with Crippen molar-refractivity contribution in [1.82, 2.24) is 0 Å². The van der Waals surface area contributed by atoms with Crippen LogP contribution in [0.3, 0.4) is 0 Å². The predicted octanol–water partition coefficient (Wildman–Crippen LogP) is 3.26. The SMILES string of the molecule is COc1cc(C2=N[C@@H](C(C)C)CO2)ccc1Br. The molecular weight excluding hydrogens is 282 g/mol. The lowest BCUT2D eigenvalue weighted by molar-refractivity contribution is 0.291. The highest BCUT2D eigenvalue weighted by atomic mass is 79.9. The summed E-state index contributed by atoms with van der Waals surface area (Å²) in [6, 6.07) is 6.13. The molecule has 0 bridgehead atoms. The Balaban J connectivity index is 2.27. The van der Waals surface area contributed by atoms with Crippen LogP contribution in [0, 0.1) is 5.92 Å². The van der Waals surface area contributed by atoms with Gasteiger partial charge < -0.3 is 9.47 Å². The van der Waals surface area contributed by atoms with Crippen molar-refractivity contribution >= 4 is 21.8 Å². The lowest BCUT2D eigenvalue weighted by Crippen LogP contribution is -2.13. The van der Waals surface area contributed by atoms with E-state index in [1.165, 1.54) is 0 Å². The van der Waals surface area contributed by atoms with Crippen LogP contribution in [0.1, 0.15) is 19.4 Å². The maximum atomic E-state index is 5.63. The molecule has 17 heavy (non-hydrogen) atoms. The number of methoxy groups -OCH3 is 1. The summed E-state index contributed by atoms with van der Waals surface area (Å²) in [5.41, 5.74) is 0.966. The molecule has 0 amide bonds. The second-order valence-electron chi connectivity index (χ2n) is 4.41. The van der Waals surface area contributed by atoms with Gasteiger partial charge in [-0.25, -0.2) is 4.99 Å². The maximum absolute atomic E-state index is 5.63. The average Bonchev–Trinajstić information content (AvgIpc) is 2.79. The summed E-state index contributed by atoms with van der Waals surface area (Å²) in [5, 5.41) is 0. The number of benzene rings is 1. The summed E-state index contributed by atoms with van der Waals surface area (Å²) in [6.45, 7) is 4.98. The number of aliphatic imine (C=N–C) groups is 1. The van der Waals surface area contributed by atoms with Gasteiger partial charge in [0.25, 0.3) is 0 Å². The quantitative estimate of drug-likeness (QED) is 0.857. The van der Waals surface area contributed by atoms with Gasteiger partial charge in [0.15, 0.2) is 0 Å². The Morgan fingerprint density at radius 1 is 1.47 bits per heavy atom. The van der Waals surface area contributed by atoms with Crippen molar-refractivity contribution in [3.63, 3.8) is 0 Å². The van der Waals surface area contributed by atoms with Crippen molar-refractivity contribution in [2.45, 2.75) is 19.9 Å². The highest BCUT2D eigenvalue weighted by molar-refractivity contribution is 9.10. The first-order valence-corrected chi connectivity index (χ1v) is 6.45. The number of hydrogen-bond donors (Lipinski definition) is 0. The van der Waals surface area contributed by atoms with E-state index in [4.69, 9.17) is 9.47 Å². The summed E-state index contributed by atoms with van der Waals surface area (Å²) in [4.78, 5) is 4.59. The minimum atomic E-state index is 0.264. The van der Waals surface area contributed by atoms with E-state index in [9.17, 15) is 0 Å². The van der Waals surface area contributed by atoms with Gasteiger partial charge in [0.05, 0.1) is 17.6 Å². The number of hydrogen-bond acceptors (Lipinski definition) is 3. The van der Waals surface area contributed by atoms with Crippen LogP contribution in [0.5, 0.6) is 5.75 Å². The third-order valence-electron chi connectivity index (χ3n) is 2.84. The van der Waals surface area contributed by atoms with E-state index in [0.29, 0.717) is 12.5 Å². The van der Waals surface area contributed by atoms with Gasteiger partial charge in [-0.3, -0.25) is 0 Å². The van der Waals surface area contributed by atoms with Crippen LogP contribution in [0.2, 0.25) is 0 Å². The van der Waals surface area contributed by atoms with Gasteiger partial charge in [-0.15, -0.1) is 0 Å². The summed E-state index contributed by atoms with van der Waals surface area (Å²) in [6.07, 6.45) is 0. The molecule has 0 N–H and O–H groups in total. The molecule has 0 aliphatic carbocycles. The monoisotopic (exact) mass is 297 g/mol. The normalized spacial score (nSPS) is 19.1. The van der Waals surface area contributed by atoms with Gasteiger partial charge in [-0.05, 0) is 40.0 Å². The molecule has 0 radical (unpaired) electrons. The van der Waals surface area contributed by atoms with E-state index in [1.54, 1.807) is 7.11 Å². The van der Waals surface area contributed by atoms with Crippen molar-refractivity contribution in [1.29, 1.82) is 0 Å². The van der Waals surface area contributed by atoms with E-state index in [2.05, 4.69) is 34.8 Å². The Kier molecular flexibility index (Phi) is 3.72. The molecule has 0 spiro atoms. The average molecular weight is 298 g/mol. The molecule has 92 valence electrons. The molecule has 0 fully saturated rings. The highest BCUT2D eigenvalue weighted by Gasteiger charge is 2.23. The van der Waals surface area contributed by atoms with Gasteiger partial charge in [-0.2, -0.15) is 0 Å². The van der Waals surface area contributed by atoms with Crippen LogP contribution in [0.15, 0.2) is 27.7 Å². The first-order chi connectivity index (χ1) is 8.11. The van der Waals surface area contributed by atoms with E-state index in [1.807, 2.05) is 18.2 Å². The fourth-order valence-corrected chi connectivity index (χ4v) is 2.09. The molecule has 1 aromatic carbocycles. The molecule has 1 atom stereocenters. The molecule has 3 nitrogen and oxygen atoms in total. The fourth-order valence-electron chi connectivity index (χ4n) is 1.68. The molecular formula is C13H16BrNO2. The van der Waals surface area contributed by atoms with Crippen molar-refractivity contribution in [2.24, 2.45) is 10.9 Å². The van der Waals surface area contributed by atoms with Crippen molar-refractivity contribution < 1.29 is 9.47 Å². The standard InChI is InChI=1S/C13H16BrNO2/c1-8(2)11-7-17-13(15-11)9-4-5-10(14)12(6-9)16-3/h4-6,8,11H,7H2,1-3H3/t11-/m1/s1. The second-order valence-corrected chi connectivity index (χ2v) is 5.26. The predicted molar refractivity (Wildman–Crippen MR) is 71.8 cm³/mol. The Morgan fingerprint density at radius 3 is 2.82 bits per heavy atom. The number of nitrogens with zero attached hydrogens (tertiary/aromatic N) is 1. The van der Waals surface area contributed by atoms with E-state index in [-0.39, 0.29) is 6.04 Å². The molecule has 1 aliphatic rings. The molecule has 1 aliphatic heterocycles. The van der Waals surface area contributed by atoms with Crippen LogP contribution in [0.4, 0.5) is 0 Å². The van der Waals surface area contributed by atoms with E-state index < -0.39 is 0 Å². The van der Waals surface area contributed by atoms with E-state index >= 15 is 0 Å². The Bertz CT molecular complexity index is 443. The van der Waals surface area contributed by atoms with Crippen LogP contribution < -0.4 is 4.74 Å². The third-order valence-corrected chi connectivity index (χ3v) is 3.50. The Hall–Kier alpha value is -1.03. The van der Waals surface area contributed by atoms with Gasteiger partial charge in [0, 0.05) is 5.56 Å². The van der Waals surface area contributed by atoms with Gasteiger partial charge in [0.1, 0.15) is 12.4 Å². The van der Waals surface area contributed by atoms with Gasteiger partial charge >= 0.3 is 0 Å². The summed E-state index contributed by atoms with van der Waals surface area (Å²) < 4.78 is 11.8. The Labute approximate surface area is 110 Å². The topological polar surface area (TPSA) is 30.8 Å². The Morgan fingerprint density at radius 2 is 2.24 bits per heavy atom. The number of rotatable bonds is 3. The molecule has 0 saturated carbocycles. The number of halogens is 1. The summed E-state index contributed by atoms with van der Waals surface area (Å²) in [7, 11) is 1.65. The first kappa shape index (κ1) is 12.4. The van der Waals surface area contributed by atoms with Crippen LogP contribution in [-0.4, -0.2) is 25.7 Å². The molecule has 2 rings (SSSR count). The second kappa shape index (κ2) is 5.08. The van der Waals surface area contributed by atoms with Crippen LogP contribution in [0.25, 0.3) is 0 Å². The minimum absolute atomic E-state index is 0.264. The van der Waals surface area contributed by atoms with Crippen molar-refractivity contribution in [3.8, 4) is 5.75 Å². The zero-order valence-electron chi connectivity index (χ0n) is 10.2. The molecule has 1 aromatic rings. The van der Waals surface area contributed by atoms with Crippen LogP contribution in [-0.2, 0) is 4.74 Å². The molecule has 0 unspecified atom stereocenters. The zero-order chi connectivity index (χ0) is 12.4. The highest BCUT2D eigenvalue weighted by Crippen LogP contribution is 2.27. The number of ether oxygens (including phenoxy) is 2. The minimum Gasteiger partial charge on any atom is -0.496 e. The largest absolute Gasteiger partial charge is 0.496 e. The lowest BCUT2D eigenvalue weighted by atomic mass is 10.1. The maximum Gasteiger partial charge on any atom is 0.216 e. The smallest absolute Gasteiger partial charge is 0.216 e.